The normalized spacial score (nSPS) is 9.60. The molecule has 20 heavy (non-hydrogen) atoms. The van der Waals surface area contributed by atoms with E-state index in [1.165, 1.54) is 0 Å². The van der Waals surface area contributed by atoms with Gasteiger partial charge in [-0.25, -0.2) is 14.8 Å². The molecule has 3 aromatic heterocycles. The molecule has 0 atom stereocenters. The van der Waals surface area contributed by atoms with Crippen LogP contribution in [0.25, 0.3) is 16.9 Å². The number of aromatic carboxylic acids is 1. The summed E-state index contributed by atoms with van der Waals surface area (Å²) in [5.41, 5.74) is 0.817. The molecule has 2 N–H and O–H groups in total. The van der Waals surface area contributed by atoms with Crippen LogP contribution in [-0.4, -0.2) is 31.1 Å². The molecule has 0 amide bonds. The Balaban J connectivity index is 0.000001000. The molecular formula is C13H10KN3O3. The van der Waals surface area contributed by atoms with Gasteiger partial charge in [-0.2, -0.15) is 0 Å². The van der Waals surface area contributed by atoms with Gasteiger partial charge in [-0.05, 0) is 24.3 Å². The van der Waals surface area contributed by atoms with E-state index in [-0.39, 0.29) is 62.4 Å². The van der Waals surface area contributed by atoms with Crippen LogP contribution < -0.4 is 51.4 Å². The molecule has 0 aliphatic rings. The topological polar surface area (TPSA) is 98.0 Å². The van der Waals surface area contributed by atoms with Crippen molar-refractivity contribution in [3.8, 4) is 5.82 Å². The number of rotatable bonds is 2. The summed E-state index contributed by atoms with van der Waals surface area (Å²) in [6, 6.07) is 8.92. The van der Waals surface area contributed by atoms with E-state index in [0.717, 1.165) is 0 Å². The van der Waals surface area contributed by atoms with Crippen molar-refractivity contribution < 1.29 is 66.8 Å². The number of hydrogen-bond acceptors (Lipinski definition) is 4. The van der Waals surface area contributed by atoms with Gasteiger partial charge in [0.15, 0.2) is 0 Å². The summed E-state index contributed by atoms with van der Waals surface area (Å²) < 4.78 is 1.68. The smallest absolute Gasteiger partial charge is 0.870 e. The first kappa shape index (κ1) is 17.0. The second kappa shape index (κ2) is 7.07. The number of carboxylic acid groups (broad SMARTS) is 1. The van der Waals surface area contributed by atoms with Crippen molar-refractivity contribution in [2.75, 3.05) is 0 Å². The predicted molar refractivity (Wildman–Crippen MR) is 67.8 cm³/mol. The van der Waals surface area contributed by atoms with Crippen molar-refractivity contribution >= 4 is 17.0 Å². The summed E-state index contributed by atoms with van der Waals surface area (Å²) in [7, 11) is 0. The number of pyridine rings is 2. The molecule has 0 aromatic carbocycles. The summed E-state index contributed by atoms with van der Waals surface area (Å²) in [6.07, 6.45) is 4.83. The third kappa shape index (κ3) is 2.98. The first-order valence-electron chi connectivity index (χ1n) is 5.38. The molecule has 3 heterocycles. The summed E-state index contributed by atoms with van der Waals surface area (Å²) in [5.74, 6) is -0.323. The fourth-order valence-corrected chi connectivity index (χ4v) is 1.90. The molecule has 0 radical (unpaired) electrons. The summed E-state index contributed by atoms with van der Waals surface area (Å²) >= 11 is 0. The van der Waals surface area contributed by atoms with Gasteiger partial charge in [0.05, 0.1) is 5.56 Å². The second-order valence-electron chi connectivity index (χ2n) is 3.78. The molecule has 96 valence electrons. The fraction of sp³-hybridized carbons (Fsp3) is 0. The zero-order chi connectivity index (χ0) is 12.5. The van der Waals surface area contributed by atoms with E-state index in [2.05, 4.69) is 9.97 Å². The first-order valence-corrected chi connectivity index (χ1v) is 5.38. The van der Waals surface area contributed by atoms with E-state index in [0.29, 0.717) is 16.9 Å². The fourth-order valence-electron chi connectivity index (χ4n) is 1.90. The summed E-state index contributed by atoms with van der Waals surface area (Å²) in [6.45, 7) is 0. The quantitative estimate of drug-likeness (QED) is 0.608. The average Bonchev–Trinajstić information content (AvgIpc) is 2.79. The molecule has 3 rings (SSSR count). The summed E-state index contributed by atoms with van der Waals surface area (Å²) in [5, 5.41) is 9.79. The van der Waals surface area contributed by atoms with E-state index in [9.17, 15) is 9.90 Å². The number of carboxylic acids is 1. The van der Waals surface area contributed by atoms with Crippen molar-refractivity contribution in [3.63, 3.8) is 0 Å². The Hall–Kier alpha value is -1.09. The zero-order valence-electron chi connectivity index (χ0n) is 10.8. The molecule has 7 heteroatoms. The van der Waals surface area contributed by atoms with Crippen LogP contribution in [-0.2, 0) is 0 Å². The SMILES string of the molecule is O=C(O)c1cn(-c2ccccn2)c2ncccc12.[K+].[OH-]. The molecule has 0 aliphatic carbocycles. The predicted octanol–water partition coefficient (Wildman–Crippen LogP) is -1.05. The van der Waals surface area contributed by atoms with Crippen LogP contribution in [0.2, 0.25) is 0 Å². The standard InChI is InChI=1S/C13H9N3O2.K.H2O/c17-13(18)10-8-16(11-5-1-2-6-14-11)12-9(10)4-3-7-15-12;;/h1-8H,(H,17,18);;1H2/q;+1;/p-1. The average molecular weight is 295 g/mol. The Morgan fingerprint density at radius 3 is 2.50 bits per heavy atom. The van der Waals surface area contributed by atoms with Gasteiger partial charge < -0.3 is 10.6 Å². The Bertz CT molecular complexity index is 728. The van der Waals surface area contributed by atoms with Gasteiger partial charge in [0.25, 0.3) is 0 Å². The van der Waals surface area contributed by atoms with Crippen LogP contribution in [0.1, 0.15) is 10.4 Å². The maximum atomic E-state index is 11.2. The molecule has 0 spiro atoms. The van der Waals surface area contributed by atoms with E-state index in [4.69, 9.17) is 0 Å². The van der Waals surface area contributed by atoms with E-state index >= 15 is 0 Å². The van der Waals surface area contributed by atoms with Gasteiger partial charge in [-0.15, -0.1) is 0 Å². The van der Waals surface area contributed by atoms with Crippen molar-refractivity contribution in [1.82, 2.24) is 14.5 Å². The molecule has 0 saturated heterocycles. The van der Waals surface area contributed by atoms with Gasteiger partial charge in [0.2, 0.25) is 0 Å². The van der Waals surface area contributed by atoms with Gasteiger partial charge in [-0.3, -0.25) is 4.57 Å². The zero-order valence-corrected chi connectivity index (χ0v) is 13.9. The molecule has 0 bridgehead atoms. The molecule has 0 fully saturated rings. The van der Waals surface area contributed by atoms with E-state index in [1.807, 2.05) is 6.07 Å². The van der Waals surface area contributed by atoms with Crippen LogP contribution in [0, 0.1) is 0 Å². The molecular weight excluding hydrogens is 285 g/mol. The van der Waals surface area contributed by atoms with Gasteiger partial charge in [0, 0.05) is 24.0 Å². The molecule has 3 aromatic rings. The monoisotopic (exact) mass is 295 g/mol. The Kier molecular flexibility index (Phi) is 5.99. The third-order valence-electron chi connectivity index (χ3n) is 2.69. The van der Waals surface area contributed by atoms with E-state index in [1.54, 1.807) is 47.4 Å². The van der Waals surface area contributed by atoms with Gasteiger partial charge >= 0.3 is 57.4 Å². The molecule has 0 unspecified atom stereocenters. The number of carbonyl (C=O) groups is 1. The number of aromatic nitrogens is 3. The Labute approximate surface area is 157 Å². The van der Waals surface area contributed by atoms with Crippen molar-refractivity contribution in [2.45, 2.75) is 0 Å². The van der Waals surface area contributed by atoms with Gasteiger partial charge in [0.1, 0.15) is 11.5 Å². The maximum Gasteiger partial charge on any atom is 1.00 e. The molecule has 0 aliphatic heterocycles. The Morgan fingerprint density at radius 2 is 1.85 bits per heavy atom. The number of fused-ring (bicyclic) bond motifs is 1. The molecule has 6 nitrogen and oxygen atoms in total. The number of hydrogen-bond donors (Lipinski definition) is 1. The second-order valence-corrected chi connectivity index (χ2v) is 3.78. The van der Waals surface area contributed by atoms with Crippen LogP contribution in [0.3, 0.4) is 0 Å². The minimum Gasteiger partial charge on any atom is -0.870 e. The number of nitrogens with zero attached hydrogens (tertiary/aromatic N) is 3. The minimum absolute atomic E-state index is 0. The van der Waals surface area contributed by atoms with Crippen molar-refractivity contribution in [2.24, 2.45) is 0 Å². The van der Waals surface area contributed by atoms with E-state index < -0.39 is 5.97 Å². The third-order valence-corrected chi connectivity index (χ3v) is 2.69. The maximum absolute atomic E-state index is 11.2. The summed E-state index contributed by atoms with van der Waals surface area (Å²) in [4.78, 5) is 19.6. The van der Waals surface area contributed by atoms with Crippen molar-refractivity contribution in [1.29, 1.82) is 0 Å². The van der Waals surface area contributed by atoms with Crippen LogP contribution in [0.5, 0.6) is 0 Å². The largest absolute Gasteiger partial charge is 1.00 e. The Morgan fingerprint density at radius 1 is 1.10 bits per heavy atom. The minimum atomic E-state index is -0.970. The van der Waals surface area contributed by atoms with Crippen molar-refractivity contribution in [3.05, 3.63) is 54.5 Å². The van der Waals surface area contributed by atoms with Gasteiger partial charge in [-0.1, -0.05) is 6.07 Å². The first-order chi connectivity index (χ1) is 8.77. The van der Waals surface area contributed by atoms with Crippen LogP contribution >= 0.6 is 0 Å². The van der Waals surface area contributed by atoms with Crippen LogP contribution in [0.15, 0.2) is 48.9 Å². The molecule has 0 saturated carbocycles. The van der Waals surface area contributed by atoms with Crippen LogP contribution in [0.4, 0.5) is 0 Å².